The van der Waals surface area contributed by atoms with Crippen LogP contribution in [0.3, 0.4) is 0 Å². The summed E-state index contributed by atoms with van der Waals surface area (Å²) in [6.45, 7) is 1.69. The molecular formula is C24H25FN4O2. The van der Waals surface area contributed by atoms with Gasteiger partial charge in [-0.3, -0.25) is 14.3 Å². The van der Waals surface area contributed by atoms with E-state index in [1.807, 2.05) is 30.3 Å². The number of benzene rings is 2. The van der Waals surface area contributed by atoms with Gasteiger partial charge in [-0.15, -0.1) is 0 Å². The molecule has 1 aromatic heterocycles. The molecule has 0 bridgehead atoms. The highest BCUT2D eigenvalue weighted by molar-refractivity contribution is 5.98. The van der Waals surface area contributed by atoms with Crippen LogP contribution in [0, 0.1) is 11.7 Å². The van der Waals surface area contributed by atoms with Gasteiger partial charge in [0.25, 0.3) is 0 Å². The van der Waals surface area contributed by atoms with Crippen molar-refractivity contribution in [2.75, 3.05) is 13.1 Å². The van der Waals surface area contributed by atoms with Gasteiger partial charge in [0.05, 0.1) is 0 Å². The zero-order valence-corrected chi connectivity index (χ0v) is 17.3. The fourth-order valence-electron chi connectivity index (χ4n) is 4.07. The van der Waals surface area contributed by atoms with Gasteiger partial charge in [0.2, 0.25) is 5.91 Å². The van der Waals surface area contributed by atoms with E-state index in [1.54, 1.807) is 28.0 Å². The van der Waals surface area contributed by atoms with Gasteiger partial charge in [-0.1, -0.05) is 42.5 Å². The number of hydrogen-bond donors (Lipinski definition) is 0. The molecule has 31 heavy (non-hydrogen) atoms. The molecule has 1 aliphatic heterocycles. The van der Waals surface area contributed by atoms with Gasteiger partial charge in [-0.25, -0.2) is 9.37 Å². The number of rotatable bonds is 7. The van der Waals surface area contributed by atoms with Crippen LogP contribution in [0.1, 0.15) is 36.0 Å². The van der Waals surface area contributed by atoms with Gasteiger partial charge in [-0.2, -0.15) is 5.10 Å². The SMILES string of the molecule is O=C(c1ccc(-c2ccccc2)c(F)c1)C1CCCN(C(=O)CCCn2cncn2)C1. The van der Waals surface area contributed by atoms with E-state index in [4.69, 9.17) is 0 Å². The van der Waals surface area contributed by atoms with E-state index in [2.05, 4.69) is 10.1 Å². The number of amides is 1. The highest BCUT2D eigenvalue weighted by Crippen LogP contribution is 2.26. The molecule has 1 unspecified atom stereocenters. The molecule has 6 nitrogen and oxygen atoms in total. The number of carbonyl (C=O) groups is 2. The monoisotopic (exact) mass is 420 g/mol. The van der Waals surface area contributed by atoms with Crippen LogP contribution in [-0.2, 0) is 11.3 Å². The largest absolute Gasteiger partial charge is 0.342 e. The predicted octanol–water partition coefficient (Wildman–Crippen LogP) is 3.99. The van der Waals surface area contributed by atoms with Crippen LogP contribution in [-0.4, -0.2) is 44.4 Å². The topological polar surface area (TPSA) is 68.1 Å². The lowest BCUT2D eigenvalue weighted by Gasteiger charge is -2.32. The highest BCUT2D eigenvalue weighted by atomic mass is 19.1. The maximum atomic E-state index is 14.7. The van der Waals surface area contributed by atoms with Crippen molar-refractivity contribution in [2.24, 2.45) is 5.92 Å². The lowest BCUT2D eigenvalue weighted by Crippen LogP contribution is -2.42. The number of hydrogen-bond acceptors (Lipinski definition) is 4. The third-order valence-corrected chi connectivity index (χ3v) is 5.73. The third kappa shape index (κ3) is 5.05. The van der Waals surface area contributed by atoms with E-state index < -0.39 is 5.82 Å². The van der Waals surface area contributed by atoms with E-state index in [-0.39, 0.29) is 17.6 Å². The second kappa shape index (κ2) is 9.64. The Bertz CT molecular complexity index is 1040. The standard InChI is InChI=1S/C24H25FN4O2/c25-22-14-19(10-11-21(22)18-6-2-1-3-7-18)24(31)20-8-4-12-28(15-20)23(30)9-5-13-29-17-26-16-27-29/h1-3,6-7,10-11,14,16-17,20H,4-5,8-9,12-13,15H2. The van der Waals surface area contributed by atoms with E-state index in [9.17, 15) is 14.0 Å². The van der Waals surface area contributed by atoms with Crippen molar-refractivity contribution in [1.29, 1.82) is 0 Å². The molecule has 0 radical (unpaired) electrons. The van der Waals surface area contributed by atoms with E-state index in [0.717, 1.165) is 12.0 Å². The molecule has 4 rings (SSSR count). The van der Waals surface area contributed by atoms with Gasteiger partial charge in [-0.05, 0) is 30.9 Å². The average Bonchev–Trinajstić information content (AvgIpc) is 3.32. The Morgan fingerprint density at radius 2 is 1.97 bits per heavy atom. The van der Waals surface area contributed by atoms with Gasteiger partial charge < -0.3 is 4.90 Å². The first-order valence-electron chi connectivity index (χ1n) is 10.6. The van der Waals surface area contributed by atoms with Crippen molar-refractivity contribution >= 4 is 11.7 Å². The number of aryl methyl sites for hydroxylation is 1. The van der Waals surface area contributed by atoms with E-state index in [0.29, 0.717) is 50.0 Å². The summed E-state index contributed by atoms with van der Waals surface area (Å²) >= 11 is 0. The molecule has 0 spiro atoms. The number of piperidine rings is 1. The molecule has 3 aromatic rings. The minimum absolute atomic E-state index is 0.0446. The number of likely N-dealkylation sites (tertiary alicyclic amines) is 1. The highest BCUT2D eigenvalue weighted by Gasteiger charge is 2.29. The van der Waals surface area contributed by atoms with Crippen LogP contribution in [0.2, 0.25) is 0 Å². The maximum Gasteiger partial charge on any atom is 0.222 e. The fraction of sp³-hybridized carbons (Fsp3) is 0.333. The molecule has 1 atom stereocenters. The number of nitrogens with zero attached hydrogens (tertiary/aromatic N) is 4. The summed E-state index contributed by atoms with van der Waals surface area (Å²) in [5, 5.41) is 4.03. The van der Waals surface area contributed by atoms with Crippen molar-refractivity contribution in [3.05, 3.63) is 72.6 Å². The molecule has 2 heterocycles. The summed E-state index contributed by atoms with van der Waals surface area (Å²) in [5.41, 5.74) is 1.62. The van der Waals surface area contributed by atoms with Crippen LogP contribution in [0.4, 0.5) is 4.39 Å². The summed E-state index contributed by atoms with van der Waals surface area (Å²) in [6.07, 6.45) is 5.66. The average molecular weight is 420 g/mol. The second-order valence-corrected chi connectivity index (χ2v) is 7.87. The molecule has 0 aliphatic carbocycles. The molecule has 0 saturated carbocycles. The molecule has 7 heteroatoms. The van der Waals surface area contributed by atoms with Gasteiger partial charge in [0.1, 0.15) is 18.5 Å². The molecule has 1 amide bonds. The minimum Gasteiger partial charge on any atom is -0.342 e. The summed E-state index contributed by atoms with van der Waals surface area (Å²) < 4.78 is 16.4. The quantitative estimate of drug-likeness (QED) is 0.542. The van der Waals surface area contributed by atoms with Crippen LogP contribution < -0.4 is 0 Å². The Morgan fingerprint density at radius 3 is 2.71 bits per heavy atom. The first-order chi connectivity index (χ1) is 15.1. The predicted molar refractivity (Wildman–Crippen MR) is 115 cm³/mol. The Hall–Kier alpha value is -3.35. The number of aromatic nitrogens is 3. The number of carbonyl (C=O) groups excluding carboxylic acids is 2. The van der Waals surface area contributed by atoms with Crippen molar-refractivity contribution < 1.29 is 14.0 Å². The smallest absolute Gasteiger partial charge is 0.222 e. The van der Waals surface area contributed by atoms with E-state index >= 15 is 0 Å². The first kappa shape index (κ1) is 20.9. The Labute approximate surface area is 180 Å². The van der Waals surface area contributed by atoms with Crippen LogP contribution in [0.15, 0.2) is 61.2 Å². The fourth-order valence-corrected chi connectivity index (χ4v) is 4.07. The van der Waals surface area contributed by atoms with Crippen LogP contribution >= 0.6 is 0 Å². The first-order valence-corrected chi connectivity index (χ1v) is 10.6. The molecule has 1 aliphatic rings. The maximum absolute atomic E-state index is 14.7. The molecule has 2 aromatic carbocycles. The molecule has 160 valence electrons. The van der Waals surface area contributed by atoms with Crippen molar-refractivity contribution in [3.63, 3.8) is 0 Å². The number of ketones is 1. The number of Topliss-reactive ketones (excluding diaryl/α,β-unsaturated/α-hetero) is 1. The van der Waals surface area contributed by atoms with Gasteiger partial charge >= 0.3 is 0 Å². The summed E-state index contributed by atoms with van der Waals surface area (Å²) in [6, 6.07) is 13.9. The zero-order chi connectivity index (χ0) is 21.6. The zero-order valence-electron chi connectivity index (χ0n) is 17.3. The van der Waals surface area contributed by atoms with Crippen molar-refractivity contribution in [2.45, 2.75) is 32.2 Å². The van der Waals surface area contributed by atoms with Crippen LogP contribution in [0.5, 0.6) is 0 Å². The second-order valence-electron chi connectivity index (χ2n) is 7.87. The molecule has 1 fully saturated rings. The molecular weight excluding hydrogens is 395 g/mol. The van der Waals surface area contributed by atoms with Crippen molar-refractivity contribution in [3.8, 4) is 11.1 Å². The normalized spacial score (nSPS) is 16.3. The van der Waals surface area contributed by atoms with Gasteiger partial charge in [0, 0.05) is 43.1 Å². The van der Waals surface area contributed by atoms with Gasteiger partial charge in [0.15, 0.2) is 5.78 Å². The summed E-state index contributed by atoms with van der Waals surface area (Å²) in [4.78, 5) is 31.3. The molecule has 0 N–H and O–H groups in total. The summed E-state index contributed by atoms with van der Waals surface area (Å²) in [5.74, 6) is -0.759. The Kier molecular flexibility index (Phi) is 6.50. The number of halogens is 1. The summed E-state index contributed by atoms with van der Waals surface area (Å²) in [7, 11) is 0. The minimum atomic E-state index is -0.408. The molecule has 1 saturated heterocycles. The van der Waals surface area contributed by atoms with Crippen LogP contribution in [0.25, 0.3) is 11.1 Å². The lowest BCUT2D eigenvalue weighted by atomic mass is 9.89. The van der Waals surface area contributed by atoms with E-state index in [1.165, 1.54) is 12.4 Å². The Morgan fingerprint density at radius 1 is 1.13 bits per heavy atom. The Balaban J connectivity index is 1.37. The lowest BCUT2D eigenvalue weighted by molar-refractivity contribution is -0.132. The van der Waals surface area contributed by atoms with Crippen molar-refractivity contribution in [1.82, 2.24) is 19.7 Å². The third-order valence-electron chi connectivity index (χ3n) is 5.73.